The SMILES string of the molecule is CC/C=C\C/C=C\C/C=C\C/C=C\CCCCCCC(=O)OCC(COP(=O)(O)OCC(O)COP(=O)(O)OCC(COC(=O)CCCCCC/C=C\C/C=C\C/C=C\C/C=C\CC)OC(=O)CCCCCCC/C=C\CCCC)OC(=O)CCCCCCC/C=C\C/C=C\CCCCC. The molecule has 0 bridgehead atoms. The van der Waals surface area contributed by atoms with Crippen LogP contribution in [0.2, 0.25) is 0 Å². The summed E-state index contributed by atoms with van der Waals surface area (Å²) < 4.78 is 68.4. The van der Waals surface area contributed by atoms with Crippen LogP contribution in [0.5, 0.6) is 0 Å². The fraction of sp³-hybridized carbons (Fsp3) is 0.679. The van der Waals surface area contributed by atoms with E-state index in [1.165, 1.54) is 32.1 Å². The Hall–Kier alpha value is -4.80. The Kier molecular flexibility index (Phi) is 69.1. The van der Waals surface area contributed by atoms with Crippen molar-refractivity contribution >= 4 is 39.5 Å². The first-order chi connectivity index (χ1) is 48.7. The molecular weight excluding hydrogens is 1310 g/mol. The number of aliphatic hydroxyl groups is 1. The summed E-state index contributed by atoms with van der Waals surface area (Å²) in [4.78, 5) is 72.9. The van der Waals surface area contributed by atoms with E-state index in [9.17, 15) is 43.2 Å². The van der Waals surface area contributed by atoms with Crippen LogP contribution in [0.4, 0.5) is 0 Å². The number of aliphatic hydroxyl groups excluding tert-OH is 1. The smallest absolute Gasteiger partial charge is 0.462 e. The van der Waals surface area contributed by atoms with E-state index < -0.39 is 97.5 Å². The molecule has 0 aliphatic carbocycles. The minimum absolute atomic E-state index is 0.0698. The van der Waals surface area contributed by atoms with Gasteiger partial charge in [0.1, 0.15) is 19.3 Å². The van der Waals surface area contributed by atoms with Crippen molar-refractivity contribution in [1.29, 1.82) is 0 Å². The Morgan fingerprint density at radius 1 is 0.290 bits per heavy atom. The number of allylic oxidation sites excluding steroid dienone is 22. The van der Waals surface area contributed by atoms with E-state index in [0.29, 0.717) is 25.7 Å². The summed E-state index contributed by atoms with van der Waals surface area (Å²) >= 11 is 0. The quantitative estimate of drug-likeness (QED) is 0.0169. The zero-order valence-electron chi connectivity index (χ0n) is 62.3. The second kappa shape index (κ2) is 72.5. The summed E-state index contributed by atoms with van der Waals surface area (Å²) in [5.41, 5.74) is 0. The molecule has 572 valence electrons. The van der Waals surface area contributed by atoms with Gasteiger partial charge in [0, 0.05) is 25.7 Å². The molecule has 100 heavy (non-hydrogen) atoms. The van der Waals surface area contributed by atoms with Crippen molar-refractivity contribution in [3.8, 4) is 0 Å². The second-order valence-corrected chi connectivity index (χ2v) is 28.1. The van der Waals surface area contributed by atoms with E-state index in [1.54, 1.807) is 0 Å². The van der Waals surface area contributed by atoms with E-state index in [1.807, 2.05) is 0 Å². The zero-order valence-corrected chi connectivity index (χ0v) is 64.1. The molecule has 5 atom stereocenters. The van der Waals surface area contributed by atoms with Crippen molar-refractivity contribution in [2.45, 2.75) is 316 Å². The number of unbranched alkanes of at least 4 members (excludes halogenated alkanes) is 23. The topological polar surface area (TPSA) is 237 Å². The van der Waals surface area contributed by atoms with Crippen LogP contribution in [0.1, 0.15) is 297 Å². The maximum Gasteiger partial charge on any atom is 0.472 e. The van der Waals surface area contributed by atoms with Crippen LogP contribution in [-0.2, 0) is 65.4 Å². The first-order valence-corrected chi connectivity index (χ1v) is 41.4. The van der Waals surface area contributed by atoms with Gasteiger partial charge < -0.3 is 33.8 Å². The Morgan fingerprint density at radius 2 is 0.530 bits per heavy atom. The molecule has 0 aliphatic heterocycles. The van der Waals surface area contributed by atoms with Crippen LogP contribution in [-0.4, -0.2) is 96.7 Å². The minimum Gasteiger partial charge on any atom is -0.462 e. The molecule has 0 saturated carbocycles. The highest BCUT2D eigenvalue weighted by molar-refractivity contribution is 7.47. The van der Waals surface area contributed by atoms with Gasteiger partial charge in [-0.2, -0.15) is 0 Å². The number of carbonyl (C=O) groups excluding carboxylic acids is 4. The number of hydrogen-bond donors (Lipinski definition) is 3. The number of hydrogen-bond acceptors (Lipinski definition) is 15. The van der Waals surface area contributed by atoms with Gasteiger partial charge in [-0.25, -0.2) is 9.13 Å². The van der Waals surface area contributed by atoms with Gasteiger partial charge in [0.25, 0.3) is 0 Å². The lowest BCUT2D eigenvalue weighted by Crippen LogP contribution is -2.30. The first-order valence-electron chi connectivity index (χ1n) is 38.4. The predicted octanol–water partition coefficient (Wildman–Crippen LogP) is 22.1. The average molecular weight is 1440 g/mol. The van der Waals surface area contributed by atoms with Crippen LogP contribution < -0.4 is 0 Å². The monoisotopic (exact) mass is 1440 g/mol. The summed E-state index contributed by atoms with van der Waals surface area (Å²) in [7, 11) is -9.97. The fourth-order valence-corrected chi connectivity index (χ4v) is 11.3. The van der Waals surface area contributed by atoms with Crippen molar-refractivity contribution in [3.63, 3.8) is 0 Å². The van der Waals surface area contributed by atoms with Crippen LogP contribution in [0.15, 0.2) is 134 Å². The predicted molar refractivity (Wildman–Crippen MR) is 408 cm³/mol. The highest BCUT2D eigenvalue weighted by Crippen LogP contribution is 2.45. The van der Waals surface area contributed by atoms with Crippen molar-refractivity contribution in [2.75, 3.05) is 39.6 Å². The number of esters is 4. The van der Waals surface area contributed by atoms with E-state index in [-0.39, 0.29) is 25.7 Å². The van der Waals surface area contributed by atoms with E-state index in [4.69, 9.17) is 37.0 Å². The molecule has 5 unspecified atom stereocenters. The standard InChI is InChI=1S/C81H136O17P2/c1-5-9-13-17-21-25-29-32-35-37-40-42-46-49-53-57-61-65-78(83)91-71-76(97-80(85)67-63-59-55-51-45-28-24-20-16-12-8-4)73-95-99(87,88)93-69-75(82)70-94-100(89,90)96-74-77(98-81(86)68-64-60-56-52-48-44-39-34-31-27-23-19-15-11-7-3)72-92-79(84)66-62-58-54-50-47-43-41-38-36-33-30-26-22-18-14-10-6-2/h9-10,13-14,20-27,32-36,39-43,75-77,82H,5-8,11-12,15-19,28-31,37-38,44-74H2,1-4H3,(H,87,88)(H,89,90)/b13-9-,14-10-,24-20-,25-21-,26-22-,27-23-,35-32-,36-33-,39-34-,42-40-,43-41-. The van der Waals surface area contributed by atoms with Crippen molar-refractivity contribution in [1.82, 2.24) is 0 Å². The number of carbonyl (C=O) groups is 4. The van der Waals surface area contributed by atoms with Gasteiger partial charge in [0.2, 0.25) is 0 Å². The lowest BCUT2D eigenvalue weighted by Gasteiger charge is -2.21. The van der Waals surface area contributed by atoms with Gasteiger partial charge in [-0.3, -0.25) is 37.3 Å². The molecule has 0 aromatic carbocycles. The first kappa shape index (κ1) is 95.2. The van der Waals surface area contributed by atoms with Gasteiger partial charge in [-0.15, -0.1) is 0 Å². The molecule has 0 amide bonds. The van der Waals surface area contributed by atoms with Crippen LogP contribution >= 0.6 is 15.6 Å². The number of rotatable bonds is 71. The molecular formula is C81H136O17P2. The molecule has 0 spiro atoms. The summed E-state index contributed by atoms with van der Waals surface area (Å²) in [6.07, 6.45) is 80.1. The van der Waals surface area contributed by atoms with Gasteiger partial charge in [-0.05, 0) is 154 Å². The molecule has 3 N–H and O–H groups in total. The Labute approximate surface area is 605 Å². The zero-order chi connectivity index (χ0) is 73.2. The Balaban J connectivity index is 5.39. The normalized spacial score (nSPS) is 14.7. The third kappa shape index (κ3) is 71.6. The molecule has 0 radical (unpaired) electrons. The molecule has 17 nitrogen and oxygen atoms in total. The average Bonchev–Trinajstić information content (AvgIpc) is 1.02. The largest absolute Gasteiger partial charge is 0.472 e. The van der Waals surface area contributed by atoms with E-state index in [0.717, 1.165) is 186 Å². The summed E-state index contributed by atoms with van der Waals surface area (Å²) in [5.74, 6) is -2.26. The molecule has 0 aromatic heterocycles. The van der Waals surface area contributed by atoms with Gasteiger partial charge in [0.05, 0.1) is 26.4 Å². The molecule has 0 heterocycles. The van der Waals surface area contributed by atoms with Gasteiger partial charge in [0.15, 0.2) is 12.2 Å². The van der Waals surface area contributed by atoms with Crippen LogP contribution in [0.3, 0.4) is 0 Å². The van der Waals surface area contributed by atoms with Gasteiger partial charge in [-0.1, -0.05) is 251 Å². The number of ether oxygens (including phenoxy) is 4. The fourth-order valence-electron chi connectivity index (χ4n) is 9.74. The molecule has 0 saturated heterocycles. The van der Waals surface area contributed by atoms with Crippen LogP contribution in [0.25, 0.3) is 0 Å². The highest BCUT2D eigenvalue weighted by Gasteiger charge is 2.30. The summed E-state index contributed by atoms with van der Waals surface area (Å²) in [5, 5.41) is 10.6. The third-order valence-corrected chi connectivity index (χ3v) is 17.5. The molecule has 0 fully saturated rings. The van der Waals surface area contributed by atoms with E-state index in [2.05, 4.69) is 161 Å². The molecule has 0 aliphatic rings. The summed E-state index contributed by atoms with van der Waals surface area (Å²) in [6, 6.07) is 0. The van der Waals surface area contributed by atoms with Crippen molar-refractivity contribution < 1.29 is 80.2 Å². The summed E-state index contributed by atoms with van der Waals surface area (Å²) in [6.45, 7) is 4.49. The maximum absolute atomic E-state index is 13.1. The van der Waals surface area contributed by atoms with Crippen molar-refractivity contribution in [2.24, 2.45) is 0 Å². The highest BCUT2D eigenvalue weighted by atomic mass is 31.2. The second-order valence-electron chi connectivity index (χ2n) is 25.2. The van der Waals surface area contributed by atoms with Crippen LogP contribution in [0, 0.1) is 0 Å². The maximum atomic E-state index is 13.1. The Morgan fingerprint density at radius 3 is 0.840 bits per heavy atom. The minimum atomic E-state index is -4.99. The lowest BCUT2D eigenvalue weighted by molar-refractivity contribution is -0.161. The molecule has 0 aromatic rings. The third-order valence-electron chi connectivity index (χ3n) is 15.6. The Bertz CT molecular complexity index is 2420. The van der Waals surface area contributed by atoms with E-state index >= 15 is 0 Å². The molecule has 0 rings (SSSR count). The number of phosphoric acid groups is 2. The lowest BCUT2D eigenvalue weighted by atomic mass is 10.1. The number of phosphoric ester groups is 2. The molecule has 19 heteroatoms. The van der Waals surface area contributed by atoms with Gasteiger partial charge >= 0.3 is 39.5 Å². The van der Waals surface area contributed by atoms with Crippen molar-refractivity contribution in [3.05, 3.63) is 134 Å².